The predicted octanol–water partition coefficient (Wildman–Crippen LogP) is 0.344. The molecule has 1 aromatic rings. The molecule has 0 fully saturated rings. The number of nitrogens with one attached hydrogen (secondary N) is 2. The standard InChI is InChI=1S/C15H19N5O3S/c16-7-8-24(22,23)20-12-9-13(14(15(17)21)18-10-12)19-11-5-3-1-2-4-6-11/h1-6,9-11,19-20H,7-8,16H2,(H2,17,21). The van der Waals surface area contributed by atoms with Gasteiger partial charge in [-0.15, -0.1) is 0 Å². The van der Waals surface area contributed by atoms with Crippen molar-refractivity contribution in [3.63, 3.8) is 0 Å². The van der Waals surface area contributed by atoms with Crippen molar-refractivity contribution in [3.05, 3.63) is 54.4 Å². The molecule has 9 heteroatoms. The summed E-state index contributed by atoms with van der Waals surface area (Å²) >= 11 is 0. The number of hydrogen-bond acceptors (Lipinski definition) is 6. The number of primary amides is 1. The van der Waals surface area contributed by atoms with Crippen LogP contribution in [0, 0.1) is 0 Å². The number of carbonyl (C=O) groups excluding carboxylic acids is 1. The molecule has 0 radical (unpaired) electrons. The van der Waals surface area contributed by atoms with E-state index in [4.69, 9.17) is 11.5 Å². The lowest BCUT2D eigenvalue weighted by molar-refractivity contribution is 0.0996. The molecule has 0 atom stereocenters. The highest BCUT2D eigenvalue weighted by Crippen LogP contribution is 2.21. The largest absolute Gasteiger partial charge is 0.373 e. The molecule has 1 amide bonds. The van der Waals surface area contributed by atoms with Crippen LogP contribution in [0.25, 0.3) is 0 Å². The summed E-state index contributed by atoms with van der Waals surface area (Å²) in [5.41, 5.74) is 11.2. The van der Waals surface area contributed by atoms with E-state index < -0.39 is 15.9 Å². The first-order chi connectivity index (χ1) is 11.4. The van der Waals surface area contributed by atoms with Crippen LogP contribution in [0.1, 0.15) is 10.5 Å². The maximum Gasteiger partial charge on any atom is 0.269 e. The summed E-state index contributed by atoms with van der Waals surface area (Å²) in [4.78, 5) is 15.5. The molecule has 2 rings (SSSR count). The van der Waals surface area contributed by atoms with Gasteiger partial charge in [0.1, 0.15) is 0 Å². The zero-order chi connectivity index (χ0) is 17.6. The molecule has 128 valence electrons. The van der Waals surface area contributed by atoms with Crippen molar-refractivity contribution in [2.24, 2.45) is 11.5 Å². The molecule has 0 aromatic carbocycles. The molecule has 24 heavy (non-hydrogen) atoms. The van der Waals surface area contributed by atoms with Crippen LogP contribution < -0.4 is 21.5 Å². The summed E-state index contributed by atoms with van der Waals surface area (Å²) < 4.78 is 26.0. The molecule has 6 N–H and O–H groups in total. The number of aromatic nitrogens is 1. The Morgan fingerprint density at radius 2 is 1.88 bits per heavy atom. The zero-order valence-corrected chi connectivity index (χ0v) is 13.7. The van der Waals surface area contributed by atoms with Crippen LogP contribution in [-0.2, 0) is 10.0 Å². The second kappa shape index (κ2) is 7.75. The average Bonchev–Trinajstić information content (AvgIpc) is 2.75. The lowest BCUT2D eigenvalue weighted by Gasteiger charge is -2.16. The van der Waals surface area contributed by atoms with Gasteiger partial charge < -0.3 is 16.8 Å². The van der Waals surface area contributed by atoms with E-state index in [0.717, 1.165) is 0 Å². The van der Waals surface area contributed by atoms with Gasteiger partial charge in [0.2, 0.25) is 10.0 Å². The van der Waals surface area contributed by atoms with Crippen molar-refractivity contribution in [2.45, 2.75) is 6.04 Å². The Bertz CT molecular complexity index is 783. The molecule has 1 heterocycles. The Labute approximate surface area is 140 Å². The quantitative estimate of drug-likeness (QED) is 0.560. The van der Waals surface area contributed by atoms with Gasteiger partial charge in [0.05, 0.1) is 29.4 Å². The molecule has 1 aromatic heterocycles. The van der Waals surface area contributed by atoms with E-state index in [2.05, 4.69) is 15.0 Å². The summed E-state index contributed by atoms with van der Waals surface area (Å²) in [6.45, 7) is -0.00208. The monoisotopic (exact) mass is 349 g/mol. The van der Waals surface area contributed by atoms with E-state index >= 15 is 0 Å². The number of carbonyl (C=O) groups is 1. The minimum atomic E-state index is -3.57. The maximum absolute atomic E-state index is 11.8. The Morgan fingerprint density at radius 3 is 2.46 bits per heavy atom. The highest BCUT2D eigenvalue weighted by molar-refractivity contribution is 7.92. The molecular formula is C15H19N5O3S. The van der Waals surface area contributed by atoms with Gasteiger partial charge >= 0.3 is 0 Å². The normalized spacial score (nSPS) is 14.4. The maximum atomic E-state index is 11.8. The third kappa shape index (κ3) is 4.93. The van der Waals surface area contributed by atoms with Gasteiger partial charge in [-0.3, -0.25) is 9.52 Å². The average molecular weight is 349 g/mol. The van der Waals surface area contributed by atoms with Crippen molar-refractivity contribution >= 4 is 27.3 Å². The summed E-state index contributed by atoms with van der Waals surface area (Å²) in [6, 6.07) is 1.28. The van der Waals surface area contributed by atoms with E-state index in [1.807, 2.05) is 36.5 Å². The fraction of sp³-hybridized carbons (Fsp3) is 0.200. The van der Waals surface area contributed by atoms with E-state index in [0.29, 0.717) is 5.69 Å². The molecule has 1 aliphatic carbocycles. The Balaban J connectivity index is 2.29. The first-order valence-electron chi connectivity index (χ1n) is 7.20. The number of allylic oxidation sites excluding steroid dienone is 4. The first-order valence-corrected chi connectivity index (χ1v) is 8.85. The topological polar surface area (TPSA) is 140 Å². The van der Waals surface area contributed by atoms with Gasteiger partial charge in [-0.2, -0.15) is 0 Å². The number of pyridine rings is 1. The number of nitrogens with two attached hydrogens (primary N) is 2. The van der Waals surface area contributed by atoms with Crippen LogP contribution >= 0.6 is 0 Å². The third-order valence-corrected chi connectivity index (χ3v) is 4.39. The minimum absolute atomic E-state index is 0.00208. The second-order valence-corrected chi connectivity index (χ2v) is 6.86. The molecule has 0 saturated carbocycles. The van der Waals surface area contributed by atoms with Crippen molar-refractivity contribution < 1.29 is 13.2 Å². The van der Waals surface area contributed by atoms with Gasteiger partial charge in [-0.1, -0.05) is 36.5 Å². The van der Waals surface area contributed by atoms with Gasteiger partial charge in [-0.25, -0.2) is 13.4 Å². The lowest BCUT2D eigenvalue weighted by Crippen LogP contribution is -2.24. The van der Waals surface area contributed by atoms with Crippen LogP contribution in [0.3, 0.4) is 0 Å². The molecular weight excluding hydrogens is 330 g/mol. The SMILES string of the molecule is NCCS(=O)(=O)Nc1cnc(C(N)=O)c(NC2C=CC=CC=C2)c1. The molecule has 0 saturated heterocycles. The number of sulfonamides is 1. The van der Waals surface area contributed by atoms with E-state index in [9.17, 15) is 13.2 Å². The van der Waals surface area contributed by atoms with Crippen LogP contribution in [-0.4, -0.2) is 37.6 Å². The van der Waals surface area contributed by atoms with Crippen molar-refractivity contribution in [1.29, 1.82) is 0 Å². The smallest absolute Gasteiger partial charge is 0.269 e. The van der Waals surface area contributed by atoms with Crippen molar-refractivity contribution in [1.82, 2.24) is 4.98 Å². The fourth-order valence-corrected chi connectivity index (χ4v) is 2.93. The summed E-state index contributed by atoms with van der Waals surface area (Å²) in [7, 11) is -3.57. The second-order valence-electron chi connectivity index (χ2n) is 5.02. The number of anilines is 2. The summed E-state index contributed by atoms with van der Waals surface area (Å²) in [6.07, 6.45) is 12.4. The fourth-order valence-electron chi connectivity index (χ4n) is 2.05. The number of nitrogens with zero attached hydrogens (tertiary/aromatic N) is 1. The van der Waals surface area contributed by atoms with Crippen LogP contribution in [0.15, 0.2) is 48.7 Å². The number of amides is 1. The van der Waals surface area contributed by atoms with Crippen LogP contribution in [0.5, 0.6) is 0 Å². The van der Waals surface area contributed by atoms with Gasteiger partial charge in [0.25, 0.3) is 5.91 Å². The first kappa shape index (κ1) is 17.7. The van der Waals surface area contributed by atoms with Gasteiger partial charge in [0.15, 0.2) is 5.69 Å². The summed E-state index contributed by atoms with van der Waals surface area (Å²) in [5, 5.41) is 3.09. The highest BCUT2D eigenvalue weighted by atomic mass is 32.2. The number of rotatable bonds is 7. The molecule has 8 nitrogen and oxygen atoms in total. The lowest BCUT2D eigenvalue weighted by atomic mass is 10.2. The number of hydrogen-bond donors (Lipinski definition) is 4. The van der Waals surface area contributed by atoms with E-state index in [1.54, 1.807) is 0 Å². The van der Waals surface area contributed by atoms with Gasteiger partial charge in [-0.05, 0) is 6.07 Å². The Kier molecular flexibility index (Phi) is 5.72. The molecule has 1 aliphatic rings. The molecule has 0 bridgehead atoms. The highest BCUT2D eigenvalue weighted by Gasteiger charge is 2.16. The zero-order valence-electron chi connectivity index (χ0n) is 12.8. The predicted molar refractivity (Wildman–Crippen MR) is 94.0 cm³/mol. The van der Waals surface area contributed by atoms with Crippen molar-refractivity contribution in [3.8, 4) is 0 Å². The Hall–Kier alpha value is -2.65. The van der Waals surface area contributed by atoms with E-state index in [1.165, 1.54) is 12.3 Å². The van der Waals surface area contributed by atoms with E-state index in [-0.39, 0.29) is 29.7 Å². The molecule has 0 unspecified atom stereocenters. The summed E-state index contributed by atoms with van der Waals surface area (Å²) in [5.74, 6) is -0.929. The Morgan fingerprint density at radius 1 is 1.21 bits per heavy atom. The molecule has 0 spiro atoms. The van der Waals surface area contributed by atoms with Crippen LogP contribution in [0.4, 0.5) is 11.4 Å². The van der Waals surface area contributed by atoms with Crippen molar-refractivity contribution in [2.75, 3.05) is 22.3 Å². The van der Waals surface area contributed by atoms with Crippen LogP contribution in [0.2, 0.25) is 0 Å². The van der Waals surface area contributed by atoms with Gasteiger partial charge in [0, 0.05) is 6.54 Å². The molecule has 0 aliphatic heterocycles. The minimum Gasteiger partial charge on any atom is -0.373 e. The third-order valence-electron chi connectivity index (χ3n) is 3.07.